The largest absolute Gasteiger partial charge is 0.355 e. The van der Waals surface area contributed by atoms with E-state index in [-0.39, 0.29) is 5.69 Å². The Morgan fingerprint density at radius 2 is 1.50 bits per heavy atom. The van der Waals surface area contributed by atoms with Gasteiger partial charge in [-0.2, -0.15) is 0 Å². The number of amides is 2. The summed E-state index contributed by atoms with van der Waals surface area (Å²) in [6.45, 7) is 3.79. The zero-order valence-corrected chi connectivity index (χ0v) is 16.5. The fourth-order valence-corrected chi connectivity index (χ4v) is 3.33. The number of rotatable bonds is 4. The predicted octanol–water partition coefficient (Wildman–Crippen LogP) is 3.82. The van der Waals surface area contributed by atoms with Crippen molar-refractivity contribution in [2.45, 2.75) is 13.8 Å². The Balaban J connectivity index is 1.45. The van der Waals surface area contributed by atoms with Gasteiger partial charge in [0.25, 0.3) is 11.8 Å². The number of nitrogens with one attached hydrogen (secondary N) is 2. The van der Waals surface area contributed by atoms with Gasteiger partial charge in [0.1, 0.15) is 0 Å². The van der Waals surface area contributed by atoms with Crippen molar-refractivity contribution in [2.24, 2.45) is 0 Å². The Hall–Kier alpha value is -4.13. The van der Waals surface area contributed by atoms with E-state index in [0.717, 1.165) is 22.6 Å². The number of aromatic nitrogens is 2. The van der Waals surface area contributed by atoms with Crippen LogP contribution in [0.5, 0.6) is 0 Å². The second-order valence-corrected chi connectivity index (χ2v) is 6.81. The third-order valence-corrected chi connectivity index (χ3v) is 4.78. The molecule has 2 aromatic carbocycles. The van der Waals surface area contributed by atoms with Crippen molar-refractivity contribution in [3.05, 3.63) is 95.4 Å². The van der Waals surface area contributed by atoms with Gasteiger partial charge in [0.15, 0.2) is 11.5 Å². The highest BCUT2D eigenvalue weighted by Gasteiger charge is 2.19. The van der Waals surface area contributed by atoms with Crippen molar-refractivity contribution in [3.63, 3.8) is 0 Å². The molecule has 2 aromatic heterocycles. The molecule has 0 fully saturated rings. The Labute approximate surface area is 173 Å². The zero-order chi connectivity index (χ0) is 21.1. The molecule has 0 bridgehead atoms. The lowest BCUT2D eigenvalue weighted by atomic mass is 10.1. The smallest absolute Gasteiger partial charge is 0.291 e. The highest BCUT2D eigenvalue weighted by Crippen LogP contribution is 2.21. The van der Waals surface area contributed by atoms with E-state index in [1.165, 1.54) is 6.07 Å². The summed E-state index contributed by atoms with van der Waals surface area (Å²) in [6.07, 6.45) is 0. The summed E-state index contributed by atoms with van der Waals surface area (Å²) in [5, 5.41) is 3.78. The van der Waals surface area contributed by atoms with Gasteiger partial charge in [-0.3, -0.25) is 20.4 Å². The van der Waals surface area contributed by atoms with E-state index in [1.54, 1.807) is 6.07 Å². The first-order valence-corrected chi connectivity index (χ1v) is 9.42. The number of benzene rings is 2. The monoisotopic (exact) mass is 400 g/mol. The maximum atomic E-state index is 12.6. The van der Waals surface area contributed by atoms with Gasteiger partial charge in [-0.1, -0.05) is 53.7 Å². The third kappa shape index (κ3) is 3.73. The van der Waals surface area contributed by atoms with Gasteiger partial charge in [-0.25, -0.2) is 0 Å². The van der Waals surface area contributed by atoms with Gasteiger partial charge >= 0.3 is 0 Å². The molecule has 0 saturated carbocycles. The standard InChI is InChI=1S/C23H20N4O3/c1-15-13-19(16(2)27(15)18-11-7-4-8-12-18)22(28)24-25-23(29)20-14-21(30-26-20)17-9-5-3-6-10-17/h3-14H,1-2H3,(H,24,28)(H,25,29). The van der Waals surface area contributed by atoms with E-state index in [0.29, 0.717) is 11.3 Å². The quantitative estimate of drug-likeness (QED) is 0.510. The summed E-state index contributed by atoms with van der Waals surface area (Å²) in [7, 11) is 0. The van der Waals surface area contributed by atoms with Crippen LogP contribution in [0.15, 0.2) is 77.3 Å². The number of hydrogen-bond donors (Lipinski definition) is 2. The van der Waals surface area contributed by atoms with E-state index in [2.05, 4.69) is 16.0 Å². The molecule has 150 valence electrons. The number of hydrogen-bond acceptors (Lipinski definition) is 4. The minimum absolute atomic E-state index is 0.0731. The lowest BCUT2D eigenvalue weighted by molar-refractivity contribution is 0.0841. The van der Waals surface area contributed by atoms with Crippen molar-refractivity contribution < 1.29 is 14.1 Å². The molecule has 0 unspecified atom stereocenters. The summed E-state index contributed by atoms with van der Waals surface area (Å²) < 4.78 is 7.21. The number of nitrogens with zero attached hydrogens (tertiary/aromatic N) is 2. The van der Waals surface area contributed by atoms with Crippen LogP contribution in [0.2, 0.25) is 0 Å². The van der Waals surface area contributed by atoms with E-state index >= 15 is 0 Å². The average molecular weight is 400 g/mol. The molecule has 2 N–H and O–H groups in total. The molecule has 0 aliphatic heterocycles. The summed E-state index contributed by atoms with van der Waals surface area (Å²) in [5.74, 6) is -0.505. The first-order chi connectivity index (χ1) is 14.5. The van der Waals surface area contributed by atoms with Gasteiger partial charge in [-0.15, -0.1) is 0 Å². The normalized spacial score (nSPS) is 10.6. The first-order valence-electron chi connectivity index (χ1n) is 9.42. The SMILES string of the molecule is Cc1cc(C(=O)NNC(=O)c2cc(-c3ccccc3)on2)c(C)n1-c1ccccc1. The molecule has 0 aliphatic rings. The highest BCUT2D eigenvalue weighted by atomic mass is 16.5. The van der Waals surface area contributed by atoms with E-state index in [1.807, 2.05) is 79.1 Å². The molecule has 0 saturated heterocycles. The van der Waals surface area contributed by atoms with Gasteiger partial charge < -0.3 is 9.09 Å². The lowest BCUT2D eigenvalue weighted by Gasteiger charge is -2.10. The van der Waals surface area contributed by atoms with E-state index < -0.39 is 11.8 Å². The fraction of sp³-hybridized carbons (Fsp3) is 0.0870. The zero-order valence-electron chi connectivity index (χ0n) is 16.5. The number of carbonyl (C=O) groups excluding carboxylic acids is 2. The Morgan fingerprint density at radius 3 is 2.20 bits per heavy atom. The van der Waals surface area contributed by atoms with Crippen LogP contribution in [0.4, 0.5) is 0 Å². The Bertz CT molecular complexity index is 1190. The molecular weight excluding hydrogens is 380 g/mol. The molecule has 0 radical (unpaired) electrons. The predicted molar refractivity (Wildman–Crippen MR) is 112 cm³/mol. The highest BCUT2D eigenvalue weighted by molar-refractivity contribution is 5.99. The molecule has 4 aromatic rings. The summed E-state index contributed by atoms with van der Waals surface area (Å²) >= 11 is 0. The number of hydrazine groups is 1. The summed E-state index contributed by atoms with van der Waals surface area (Å²) in [4.78, 5) is 25.0. The fourth-order valence-electron chi connectivity index (χ4n) is 3.33. The molecule has 7 heteroatoms. The molecule has 7 nitrogen and oxygen atoms in total. The van der Waals surface area contributed by atoms with Crippen molar-refractivity contribution in [2.75, 3.05) is 0 Å². The number of para-hydroxylation sites is 1. The summed E-state index contributed by atoms with van der Waals surface area (Å²) in [5.41, 5.74) is 8.84. The molecular formula is C23H20N4O3. The van der Waals surface area contributed by atoms with Crippen molar-refractivity contribution in [1.29, 1.82) is 0 Å². The van der Waals surface area contributed by atoms with Gasteiger partial charge in [0.2, 0.25) is 0 Å². The maximum absolute atomic E-state index is 12.6. The van der Waals surface area contributed by atoms with Gasteiger partial charge in [0, 0.05) is 28.7 Å². The van der Waals surface area contributed by atoms with Crippen molar-refractivity contribution in [1.82, 2.24) is 20.6 Å². The van der Waals surface area contributed by atoms with Crippen LogP contribution in [0.1, 0.15) is 32.2 Å². The molecule has 2 heterocycles. The molecule has 4 rings (SSSR count). The van der Waals surface area contributed by atoms with E-state index in [9.17, 15) is 9.59 Å². The number of aryl methyl sites for hydroxylation is 1. The molecule has 2 amide bonds. The third-order valence-electron chi connectivity index (χ3n) is 4.78. The van der Waals surface area contributed by atoms with Crippen molar-refractivity contribution in [3.8, 4) is 17.0 Å². The molecule has 0 spiro atoms. The summed E-state index contributed by atoms with van der Waals surface area (Å²) in [6, 6.07) is 22.4. The van der Waals surface area contributed by atoms with Crippen LogP contribution in [0.3, 0.4) is 0 Å². The van der Waals surface area contributed by atoms with Crippen molar-refractivity contribution >= 4 is 11.8 Å². The average Bonchev–Trinajstić information content (AvgIpc) is 3.38. The molecule has 30 heavy (non-hydrogen) atoms. The molecule has 0 atom stereocenters. The topological polar surface area (TPSA) is 89.2 Å². The lowest BCUT2D eigenvalue weighted by Crippen LogP contribution is -2.41. The minimum Gasteiger partial charge on any atom is -0.355 e. The van der Waals surface area contributed by atoms with Crippen LogP contribution < -0.4 is 10.9 Å². The van der Waals surface area contributed by atoms with Crippen LogP contribution in [-0.2, 0) is 0 Å². The van der Waals surface area contributed by atoms with Crippen LogP contribution in [-0.4, -0.2) is 21.5 Å². The minimum atomic E-state index is -0.564. The van der Waals surface area contributed by atoms with E-state index in [4.69, 9.17) is 4.52 Å². The van der Waals surface area contributed by atoms with Crippen LogP contribution in [0, 0.1) is 13.8 Å². The van der Waals surface area contributed by atoms with Gasteiger partial charge in [0.05, 0.1) is 5.56 Å². The Kier molecular flexibility index (Phi) is 5.17. The second-order valence-electron chi connectivity index (χ2n) is 6.81. The second kappa shape index (κ2) is 8.08. The number of carbonyl (C=O) groups is 2. The maximum Gasteiger partial charge on any atom is 0.291 e. The van der Waals surface area contributed by atoms with Crippen LogP contribution in [0.25, 0.3) is 17.0 Å². The first kappa shape index (κ1) is 19.2. The molecule has 0 aliphatic carbocycles. The van der Waals surface area contributed by atoms with Crippen LogP contribution >= 0.6 is 0 Å². The van der Waals surface area contributed by atoms with Gasteiger partial charge in [-0.05, 0) is 32.0 Å². The Morgan fingerprint density at radius 1 is 0.867 bits per heavy atom.